The number of nitrogens with one attached hydrogen (secondary N) is 2. The van der Waals surface area contributed by atoms with Crippen molar-refractivity contribution in [3.63, 3.8) is 0 Å². The van der Waals surface area contributed by atoms with Crippen molar-refractivity contribution in [2.75, 3.05) is 12.1 Å². The molecule has 1 aromatic rings. The highest BCUT2D eigenvalue weighted by atomic mass is 31.1. The normalized spacial score (nSPS) is 12.9. The van der Waals surface area contributed by atoms with Gasteiger partial charge in [-0.2, -0.15) is 0 Å². The summed E-state index contributed by atoms with van der Waals surface area (Å²) in [6.45, 7) is 4.24. The van der Waals surface area contributed by atoms with Crippen LogP contribution in [-0.2, 0) is 4.57 Å². The maximum atomic E-state index is 11.3. The molecule has 0 bridgehead atoms. The van der Waals surface area contributed by atoms with Crippen molar-refractivity contribution in [2.45, 2.75) is 19.8 Å². The summed E-state index contributed by atoms with van der Waals surface area (Å²) in [5.41, 5.74) is 2.15. The maximum absolute atomic E-state index is 11.3. The minimum absolute atomic E-state index is 0.436. The van der Waals surface area contributed by atoms with E-state index in [1.54, 1.807) is 7.05 Å². The van der Waals surface area contributed by atoms with E-state index in [0.29, 0.717) is 5.92 Å². The second-order valence-corrected chi connectivity index (χ2v) is 4.85. The Bertz CT molecular complexity index is 326. The fourth-order valence-electron chi connectivity index (χ4n) is 1.30. The van der Waals surface area contributed by atoms with Gasteiger partial charge in [0.05, 0.1) is 0 Å². The molecule has 0 aliphatic heterocycles. The minimum atomic E-state index is -1.89. The molecule has 14 heavy (non-hydrogen) atoms. The van der Waals surface area contributed by atoms with E-state index >= 15 is 0 Å². The first-order chi connectivity index (χ1) is 6.65. The van der Waals surface area contributed by atoms with Crippen molar-refractivity contribution < 1.29 is 4.57 Å². The second-order valence-electron chi connectivity index (χ2n) is 3.45. The standard InChI is InChI=1S/C10H17N2OP/c1-8(2)9-6-4-5-7-10(9)12-14(13)11-3/h4-8,14H,1-3H3,(H2,11,12,13). The Hall–Kier alpha value is -0.790. The van der Waals surface area contributed by atoms with Crippen LogP contribution in [-0.4, -0.2) is 7.05 Å². The highest BCUT2D eigenvalue weighted by Gasteiger charge is 2.06. The molecular formula is C10H17N2OP. The summed E-state index contributed by atoms with van der Waals surface area (Å²) >= 11 is 0. The molecule has 0 radical (unpaired) electrons. The van der Waals surface area contributed by atoms with Gasteiger partial charge in [-0.15, -0.1) is 0 Å². The predicted octanol–water partition coefficient (Wildman–Crippen LogP) is 2.83. The zero-order valence-corrected chi connectivity index (χ0v) is 9.79. The summed E-state index contributed by atoms with van der Waals surface area (Å²) in [5.74, 6) is 0.436. The lowest BCUT2D eigenvalue weighted by molar-refractivity contribution is 0.586. The van der Waals surface area contributed by atoms with Crippen LogP contribution in [0.25, 0.3) is 0 Å². The van der Waals surface area contributed by atoms with Crippen molar-refractivity contribution in [3.05, 3.63) is 29.8 Å². The van der Waals surface area contributed by atoms with Crippen LogP contribution in [0.1, 0.15) is 25.3 Å². The number of hydrogen-bond acceptors (Lipinski definition) is 1. The van der Waals surface area contributed by atoms with Gasteiger partial charge in [-0.3, -0.25) is 9.65 Å². The molecule has 0 amide bonds. The molecule has 4 heteroatoms. The lowest BCUT2D eigenvalue weighted by Gasteiger charge is -2.13. The molecule has 2 N–H and O–H groups in total. The highest BCUT2D eigenvalue weighted by molar-refractivity contribution is 7.44. The monoisotopic (exact) mass is 212 g/mol. The molecule has 0 saturated heterocycles. The summed E-state index contributed by atoms with van der Waals surface area (Å²) in [7, 11) is -0.200. The summed E-state index contributed by atoms with van der Waals surface area (Å²) < 4.78 is 11.3. The van der Waals surface area contributed by atoms with Gasteiger partial charge in [-0.05, 0) is 24.6 Å². The summed E-state index contributed by atoms with van der Waals surface area (Å²) in [6.07, 6.45) is 0. The van der Waals surface area contributed by atoms with Crippen LogP contribution in [0.3, 0.4) is 0 Å². The topological polar surface area (TPSA) is 41.1 Å². The fraction of sp³-hybridized carbons (Fsp3) is 0.400. The minimum Gasteiger partial charge on any atom is -0.327 e. The van der Waals surface area contributed by atoms with Crippen LogP contribution in [0.2, 0.25) is 0 Å². The van der Waals surface area contributed by atoms with E-state index in [4.69, 9.17) is 0 Å². The van der Waals surface area contributed by atoms with Crippen molar-refractivity contribution in [1.82, 2.24) is 5.09 Å². The number of rotatable bonds is 4. The van der Waals surface area contributed by atoms with Gasteiger partial charge in [0.25, 0.3) is 0 Å². The lowest BCUT2D eigenvalue weighted by atomic mass is 10.0. The van der Waals surface area contributed by atoms with E-state index in [1.807, 2.05) is 18.2 Å². The van der Waals surface area contributed by atoms with Crippen molar-refractivity contribution in [3.8, 4) is 0 Å². The Morgan fingerprint density at radius 2 is 1.93 bits per heavy atom. The van der Waals surface area contributed by atoms with Crippen LogP contribution in [0.4, 0.5) is 5.69 Å². The second kappa shape index (κ2) is 5.18. The summed E-state index contributed by atoms with van der Waals surface area (Å²) in [4.78, 5) is 0. The molecule has 0 aliphatic carbocycles. The van der Waals surface area contributed by atoms with Crippen LogP contribution in [0, 0.1) is 0 Å². The van der Waals surface area contributed by atoms with E-state index in [2.05, 4.69) is 30.1 Å². The molecule has 1 unspecified atom stereocenters. The largest absolute Gasteiger partial charge is 0.327 e. The molecule has 0 fully saturated rings. The number of hydrogen-bond donors (Lipinski definition) is 2. The smallest absolute Gasteiger partial charge is 0.222 e. The molecule has 0 aliphatic rings. The van der Waals surface area contributed by atoms with Crippen LogP contribution in [0.5, 0.6) is 0 Å². The Labute approximate surface area is 85.8 Å². The Kier molecular flexibility index (Phi) is 4.18. The molecule has 0 spiro atoms. The van der Waals surface area contributed by atoms with Crippen LogP contribution in [0.15, 0.2) is 24.3 Å². The Morgan fingerprint density at radius 1 is 1.29 bits per heavy atom. The predicted molar refractivity (Wildman–Crippen MR) is 62.2 cm³/mol. The number of para-hydroxylation sites is 1. The average Bonchev–Trinajstić information content (AvgIpc) is 2.18. The van der Waals surface area contributed by atoms with E-state index in [1.165, 1.54) is 5.56 Å². The Morgan fingerprint density at radius 3 is 2.50 bits per heavy atom. The first-order valence-electron chi connectivity index (χ1n) is 4.72. The summed E-state index contributed by atoms with van der Waals surface area (Å²) in [5, 5.41) is 5.69. The van der Waals surface area contributed by atoms with E-state index < -0.39 is 8.10 Å². The molecule has 78 valence electrons. The lowest BCUT2D eigenvalue weighted by Crippen LogP contribution is -2.02. The van der Waals surface area contributed by atoms with Gasteiger partial charge in [0.2, 0.25) is 8.10 Å². The van der Waals surface area contributed by atoms with Gasteiger partial charge in [-0.1, -0.05) is 32.0 Å². The SMILES string of the molecule is CN[PH](=O)Nc1ccccc1C(C)C. The number of benzene rings is 1. The molecule has 0 aromatic heterocycles. The van der Waals surface area contributed by atoms with Crippen LogP contribution >= 0.6 is 8.10 Å². The Balaban J connectivity index is 2.90. The molecule has 1 rings (SSSR count). The highest BCUT2D eigenvalue weighted by Crippen LogP contribution is 2.28. The molecule has 0 heterocycles. The molecule has 0 saturated carbocycles. The van der Waals surface area contributed by atoms with Crippen molar-refractivity contribution >= 4 is 13.8 Å². The van der Waals surface area contributed by atoms with E-state index in [-0.39, 0.29) is 0 Å². The van der Waals surface area contributed by atoms with Crippen molar-refractivity contribution in [2.24, 2.45) is 0 Å². The zero-order valence-electron chi connectivity index (χ0n) is 8.79. The third-order valence-corrected chi connectivity index (χ3v) is 3.01. The van der Waals surface area contributed by atoms with E-state index in [0.717, 1.165) is 5.69 Å². The zero-order chi connectivity index (χ0) is 10.6. The molecule has 1 atom stereocenters. The first-order valence-corrected chi connectivity index (χ1v) is 6.13. The fourth-order valence-corrected chi connectivity index (χ4v) is 1.90. The maximum Gasteiger partial charge on any atom is 0.222 e. The van der Waals surface area contributed by atoms with Gasteiger partial charge in [0.15, 0.2) is 0 Å². The average molecular weight is 212 g/mol. The molecule has 3 nitrogen and oxygen atoms in total. The summed E-state index contributed by atoms with van der Waals surface area (Å²) in [6, 6.07) is 7.95. The van der Waals surface area contributed by atoms with Gasteiger partial charge >= 0.3 is 0 Å². The van der Waals surface area contributed by atoms with Gasteiger partial charge < -0.3 is 5.09 Å². The van der Waals surface area contributed by atoms with Crippen LogP contribution < -0.4 is 10.2 Å². The first kappa shape index (κ1) is 11.3. The third-order valence-electron chi connectivity index (χ3n) is 2.06. The van der Waals surface area contributed by atoms with Gasteiger partial charge in [0, 0.05) is 5.69 Å². The van der Waals surface area contributed by atoms with Gasteiger partial charge in [-0.25, -0.2) is 0 Å². The van der Waals surface area contributed by atoms with Crippen molar-refractivity contribution in [1.29, 1.82) is 0 Å². The van der Waals surface area contributed by atoms with Gasteiger partial charge in [0.1, 0.15) is 0 Å². The third kappa shape index (κ3) is 2.86. The number of anilines is 1. The molecule has 1 aromatic carbocycles. The molecular weight excluding hydrogens is 195 g/mol. The quantitative estimate of drug-likeness (QED) is 0.754. The van der Waals surface area contributed by atoms with E-state index in [9.17, 15) is 4.57 Å².